The van der Waals surface area contributed by atoms with Crippen molar-refractivity contribution >= 4 is 0 Å². The van der Waals surface area contributed by atoms with Crippen molar-refractivity contribution in [3.05, 3.63) is 0 Å². The van der Waals surface area contributed by atoms with Crippen molar-refractivity contribution in [3.8, 4) is 0 Å². The maximum atomic E-state index is 2.34. The Morgan fingerprint density at radius 3 is 0.667 bits per heavy atom. The number of rotatable bonds is 25. The highest BCUT2D eigenvalue weighted by atomic mass is 14.3. The minimum absolute atomic E-state index is 1.03. The standard InChI is InChI=1S/C30H62/c1-5-9-13-17-21-25-29(26-22-18-14-10-6-2)30(27-23-19-15-11-7-3)28-24-20-16-12-8-4/h29-30H,5-28H2,1-4H3. The second-order valence-electron chi connectivity index (χ2n) is 10.3. The Kier molecular flexibility index (Phi) is 25.3. The molecule has 0 aromatic carbocycles. The zero-order valence-electron chi connectivity index (χ0n) is 22.1. The molecule has 0 N–H and O–H groups in total. The van der Waals surface area contributed by atoms with Gasteiger partial charge < -0.3 is 0 Å². The van der Waals surface area contributed by atoms with Crippen molar-refractivity contribution in [2.45, 2.75) is 182 Å². The molecule has 0 radical (unpaired) electrons. The van der Waals surface area contributed by atoms with Crippen LogP contribution in [0.5, 0.6) is 0 Å². The summed E-state index contributed by atoms with van der Waals surface area (Å²) in [5, 5.41) is 0. The Morgan fingerprint density at radius 2 is 0.467 bits per heavy atom. The summed E-state index contributed by atoms with van der Waals surface area (Å²) in [4.78, 5) is 0. The molecule has 0 aliphatic carbocycles. The summed E-state index contributed by atoms with van der Waals surface area (Å²) in [5.41, 5.74) is 0. The Morgan fingerprint density at radius 1 is 0.267 bits per heavy atom. The van der Waals surface area contributed by atoms with Gasteiger partial charge in [0.1, 0.15) is 0 Å². The molecule has 0 heteroatoms. The Labute approximate surface area is 193 Å². The topological polar surface area (TPSA) is 0 Å². The van der Waals surface area contributed by atoms with Crippen LogP contribution in [0.1, 0.15) is 182 Å². The number of unbranched alkanes of at least 4 members (excludes halogenated alkanes) is 16. The van der Waals surface area contributed by atoms with Gasteiger partial charge in [-0.25, -0.2) is 0 Å². The summed E-state index contributed by atoms with van der Waals surface area (Å²) in [6, 6.07) is 0. The smallest absolute Gasteiger partial charge is 0.0386 e. The van der Waals surface area contributed by atoms with Gasteiger partial charge in [-0.3, -0.25) is 0 Å². The van der Waals surface area contributed by atoms with E-state index >= 15 is 0 Å². The highest BCUT2D eigenvalue weighted by Gasteiger charge is 2.20. The second kappa shape index (κ2) is 25.3. The van der Waals surface area contributed by atoms with Gasteiger partial charge in [-0.15, -0.1) is 0 Å². The van der Waals surface area contributed by atoms with Crippen LogP contribution in [0.3, 0.4) is 0 Å². The molecule has 0 amide bonds. The summed E-state index contributed by atoms with van der Waals surface area (Å²) < 4.78 is 0. The van der Waals surface area contributed by atoms with Crippen LogP contribution in [0, 0.1) is 11.8 Å². The number of hydrogen-bond donors (Lipinski definition) is 0. The molecule has 0 heterocycles. The molecule has 30 heavy (non-hydrogen) atoms. The van der Waals surface area contributed by atoms with Gasteiger partial charge in [0.05, 0.1) is 0 Å². The van der Waals surface area contributed by atoms with Gasteiger partial charge >= 0.3 is 0 Å². The van der Waals surface area contributed by atoms with Crippen molar-refractivity contribution in [1.82, 2.24) is 0 Å². The lowest BCUT2D eigenvalue weighted by Crippen LogP contribution is -2.16. The van der Waals surface area contributed by atoms with Crippen LogP contribution in [0.15, 0.2) is 0 Å². The lowest BCUT2D eigenvalue weighted by Gasteiger charge is -2.28. The monoisotopic (exact) mass is 422 g/mol. The fourth-order valence-corrected chi connectivity index (χ4v) is 5.27. The van der Waals surface area contributed by atoms with Gasteiger partial charge in [0, 0.05) is 0 Å². The van der Waals surface area contributed by atoms with Crippen LogP contribution >= 0.6 is 0 Å². The van der Waals surface area contributed by atoms with Gasteiger partial charge in [-0.1, -0.05) is 182 Å². The fraction of sp³-hybridized carbons (Fsp3) is 1.00. The van der Waals surface area contributed by atoms with Crippen LogP contribution in [0.2, 0.25) is 0 Å². The summed E-state index contributed by atoms with van der Waals surface area (Å²) in [6.07, 6.45) is 35.2. The minimum atomic E-state index is 1.03. The van der Waals surface area contributed by atoms with E-state index in [1.807, 2.05) is 0 Å². The molecule has 0 aliphatic rings. The van der Waals surface area contributed by atoms with E-state index in [2.05, 4.69) is 27.7 Å². The maximum absolute atomic E-state index is 2.34. The third-order valence-corrected chi connectivity index (χ3v) is 7.38. The first kappa shape index (κ1) is 30.0. The van der Waals surface area contributed by atoms with E-state index in [9.17, 15) is 0 Å². The molecule has 0 fully saturated rings. The van der Waals surface area contributed by atoms with E-state index in [0.29, 0.717) is 0 Å². The Hall–Kier alpha value is 0. The maximum Gasteiger partial charge on any atom is -0.0386 e. The first-order valence-electron chi connectivity index (χ1n) is 14.8. The predicted octanol–water partition coefficient (Wildman–Crippen LogP) is 11.7. The van der Waals surface area contributed by atoms with E-state index < -0.39 is 0 Å². The molecule has 0 unspecified atom stereocenters. The second-order valence-corrected chi connectivity index (χ2v) is 10.3. The normalized spacial score (nSPS) is 11.8. The van der Waals surface area contributed by atoms with Crippen LogP contribution in [0.4, 0.5) is 0 Å². The molecule has 0 rings (SSSR count). The molecule has 0 aromatic heterocycles. The lowest BCUT2D eigenvalue weighted by molar-refractivity contribution is 0.236. The van der Waals surface area contributed by atoms with Crippen LogP contribution < -0.4 is 0 Å². The molecule has 0 spiro atoms. The number of hydrogen-bond acceptors (Lipinski definition) is 0. The van der Waals surface area contributed by atoms with Crippen molar-refractivity contribution in [2.75, 3.05) is 0 Å². The Balaban J connectivity index is 4.60. The Bertz CT molecular complexity index is 236. The van der Waals surface area contributed by atoms with Gasteiger partial charge in [-0.2, -0.15) is 0 Å². The molecule has 0 atom stereocenters. The lowest BCUT2D eigenvalue weighted by atomic mass is 9.78. The molecule has 0 nitrogen and oxygen atoms in total. The largest absolute Gasteiger partial charge is 0.0654 e. The third kappa shape index (κ3) is 19.9. The van der Waals surface area contributed by atoms with Gasteiger partial charge in [0.2, 0.25) is 0 Å². The van der Waals surface area contributed by atoms with E-state index in [4.69, 9.17) is 0 Å². The van der Waals surface area contributed by atoms with Gasteiger partial charge in [-0.05, 0) is 11.8 Å². The van der Waals surface area contributed by atoms with E-state index in [1.165, 1.54) is 154 Å². The quantitative estimate of drug-likeness (QED) is 0.128. The van der Waals surface area contributed by atoms with E-state index in [1.54, 1.807) is 0 Å². The molecule has 0 aromatic rings. The predicted molar refractivity (Wildman–Crippen MR) is 140 cm³/mol. The fourth-order valence-electron chi connectivity index (χ4n) is 5.27. The van der Waals surface area contributed by atoms with E-state index in [0.717, 1.165) is 11.8 Å². The van der Waals surface area contributed by atoms with Crippen molar-refractivity contribution in [1.29, 1.82) is 0 Å². The third-order valence-electron chi connectivity index (χ3n) is 7.38. The zero-order chi connectivity index (χ0) is 22.1. The molecular weight excluding hydrogens is 360 g/mol. The molecule has 182 valence electrons. The zero-order valence-corrected chi connectivity index (χ0v) is 22.1. The summed E-state index contributed by atoms with van der Waals surface area (Å²) in [6.45, 7) is 9.36. The highest BCUT2D eigenvalue weighted by Crippen LogP contribution is 2.33. The van der Waals surface area contributed by atoms with E-state index in [-0.39, 0.29) is 0 Å². The molecule has 0 saturated carbocycles. The van der Waals surface area contributed by atoms with Gasteiger partial charge in [0.15, 0.2) is 0 Å². The van der Waals surface area contributed by atoms with Crippen molar-refractivity contribution in [2.24, 2.45) is 11.8 Å². The van der Waals surface area contributed by atoms with Crippen LogP contribution in [-0.4, -0.2) is 0 Å². The minimum Gasteiger partial charge on any atom is -0.0654 e. The van der Waals surface area contributed by atoms with Crippen molar-refractivity contribution in [3.63, 3.8) is 0 Å². The molecular formula is C30H62. The average molecular weight is 423 g/mol. The SMILES string of the molecule is CCCCCCCC(CCCCCCC)C(CCCCCCC)CCCCCCC. The molecule has 0 aliphatic heterocycles. The summed E-state index contributed by atoms with van der Waals surface area (Å²) >= 11 is 0. The molecule has 0 bridgehead atoms. The van der Waals surface area contributed by atoms with Gasteiger partial charge in [0.25, 0.3) is 0 Å². The van der Waals surface area contributed by atoms with Crippen molar-refractivity contribution < 1.29 is 0 Å². The first-order chi connectivity index (χ1) is 14.8. The van der Waals surface area contributed by atoms with Crippen LogP contribution in [-0.2, 0) is 0 Å². The van der Waals surface area contributed by atoms with Crippen LogP contribution in [0.25, 0.3) is 0 Å². The highest BCUT2D eigenvalue weighted by molar-refractivity contribution is 4.72. The average Bonchev–Trinajstić information content (AvgIpc) is 2.76. The molecule has 0 saturated heterocycles. The first-order valence-corrected chi connectivity index (χ1v) is 14.8. The summed E-state index contributed by atoms with van der Waals surface area (Å²) in [7, 11) is 0. The summed E-state index contributed by atoms with van der Waals surface area (Å²) in [5.74, 6) is 2.07.